The lowest BCUT2D eigenvalue weighted by Gasteiger charge is -2.42. The number of hydrogen-bond donors (Lipinski definition) is 0. The second-order valence-corrected chi connectivity index (χ2v) is 13.6. The van der Waals surface area contributed by atoms with Gasteiger partial charge in [-0.1, -0.05) is 105 Å². The van der Waals surface area contributed by atoms with Crippen LogP contribution in [-0.2, 0) is 5.41 Å². The Balaban J connectivity index is 1.22. The summed E-state index contributed by atoms with van der Waals surface area (Å²) in [7, 11) is 0. The SMILES string of the molecule is CC1(C)c2ccccc2N(c2ccccc2)c2ccc(-c3cccc(-c4cccc(C#N)c4-n4c5ccccc5c5cc(C#N)ccc54)c3)cc21. The summed E-state index contributed by atoms with van der Waals surface area (Å²) in [6.45, 7) is 4.64. The molecule has 1 aliphatic rings. The number of aromatic nitrogens is 1. The normalized spacial score (nSPS) is 13.0. The highest BCUT2D eigenvalue weighted by Gasteiger charge is 2.37. The largest absolute Gasteiger partial charge is 0.310 e. The topological polar surface area (TPSA) is 55.8 Å². The lowest BCUT2D eigenvalue weighted by Crippen LogP contribution is -2.30. The molecule has 0 amide bonds. The molecular formula is C47H32N4. The van der Waals surface area contributed by atoms with Gasteiger partial charge in [0, 0.05) is 27.4 Å². The van der Waals surface area contributed by atoms with Gasteiger partial charge in [-0.15, -0.1) is 0 Å². The average Bonchev–Trinajstić information content (AvgIpc) is 3.51. The van der Waals surface area contributed by atoms with E-state index < -0.39 is 0 Å². The van der Waals surface area contributed by atoms with Gasteiger partial charge in [0.2, 0.25) is 0 Å². The van der Waals surface area contributed by atoms with Gasteiger partial charge >= 0.3 is 0 Å². The van der Waals surface area contributed by atoms with E-state index in [9.17, 15) is 10.5 Å². The van der Waals surface area contributed by atoms with E-state index in [1.54, 1.807) is 0 Å². The first-order chi connectivity index (χ1) is 25.0. The maximum atomic E-state index is 10.5. The first kappa shape index (κ1) is 30.2. The Hall–Kier alpha value is -6.88. The highest BCUT2D eigenvalue weighted by atomic mass is 15.2. The van der Waals surface area contributed by atoms with Crippen molar-refractivity contribution in [3.63, 3.8) is 0 Å². The second-order valence-electron chi connectivity index (χ2n) is 13.6. The van der Waals surface area contributed by atoms with Crippen LogP contribution in [0.3, 0.4) is 0 Å². The molecular weight excluding hydrogens is 621 g/mol. The predicted molar refractivity (Wildman–Crippen MR) is 208 cm³/mol. The Labute approximate surface area is 297 Å². The van der Waals surface area contributed by atoms with E-state index in [1.807, 2.05) is 42.5 Å². The van der Waals surface area contributed by atoms with Gasteiger partial charge in [-0.2, -0.15) is 10.5 Å². The summed E-state index contributed by atoms with van der Waals surface area (Å²) in [4.78, 5) is 2.38. The minimum atomic E-state index is -0.221. The fraction of sp³-hybridized carbons (Fsp3) is 0.0638. The summed E-state index contributed by atoms with van der Waals surface area (Å²) >= 11 is 0. The molecule has 0 radical (unpaired) electrons. The molecule has 0 spiro atoms. The summed E-state index contributed by atoms with van der Waals surface area (Å²) < 4.78 is 2.18. The van der Waals surface area contributed by atoms with E-state index >= 15 is 0 Å². The number of nitrogens with zero attached hydrogens (tertiary/aromatic N) is 4. The van der Waals surface area contributed by atoms with Crippen molar-refractivity contribution in [1.82, 2.24) is 4.57 Å². The molecule has 4 heteroatoms. The smallest absolute Gasteiger partial charge is 0.101 e. The Morgan fingerprint density at radius 2 is 1.22 bits per heavy atom. The number of para-hydroxylation sites is 4. The molecule has 1 aromatic heterocycles. The molecule has 4 nitrogen and oxygen atoms in total. The van der Waals surface area contributed by atoms with Crippen molar-refractivity contribution >= 4 is 38.9 Å². The first-order valence-electron chi connectivity index (χ1n) is 17.1. The molecule has 0 atom stereocenters. The predicted octanol–water partition coefficient (Wildman–Crippen LogP) is 12.0. The quantitative estimate of drug-likeness (QED) is 0.190. The molecule has 0 saturated heterocycles. The third kappa shape index (κ3) is 4.66. The van der Waals surface area contributed by atoms with Crippen LogP contribution in [0.15, 0.2) is 158 Å². The van der Waals surface area contributed by atoms with Crippen LogP contribution in [0.1, 0.15) is 36.1 Å². The van der Waals surface area contributed by atoms with Crippen molar-refractivity contribution in [3.8, 4) is 40.1 Å². The molecule has 240 valence electrons. The monoisotopic (exact) mass is 652 g/mol. The molecule has 51 heavy (non-hydrogen) atoms. The van der Waals surface area contributed by atoms with Crippen LogP contribution in [0.25, 0.3) is 49.7 Å². The first-order valence-corrected chi connectivity index (χ1v) is 17.1. The minimum Gasteiger partial charge on any atom is -0.310 e. The summed E-state index contributed by atoms with van der Waals surface area (Å²) in [6, 6.07) is 59.5. The molecule has 0 bridgehead atoms. The zero-order chi connectivity index (χ0) is 34.7. The van der Waals surface area contributed by atoms with Crippen LogP contribution in [0.4, 0.5) is 17.1 Å². The van der Waals surface area contributed by atoms with Crippen LogP contribution < -0.4 is 4.90 Å². The summed E-state index contributed by atoms with van der Waals surface area (Å²) in [5.41, 5.74) is 14.0. The van der Waals surface area contributed by atoms with E-state index in [2.05, 4.69) is 151 Å². The molecule has 0 fully saturated rings. The minimum absolute atomic E-state index is 0.221. The van der Waals surface area contributed by atoms with Crippen molar-refractivity contribution in [2.24, 2.45) is 0 Å². The van der Waals surface area contributed by atoms with Crippen molar-refractivity contribution in [3.05, 3.63) is 180 Å². The van der Waals surface area contributed by atoms with E-state index in [0.29, 0.717) is 11.1 Å². The van der Waals surface area contributed by atoms with Gasteiger partial charge in [-0.05, 0) is 94.5 Å². The van der Waals surface area contributed by atoms with Gasteiger partial charge in [-0.25, -0.2) is 0 Å². The summed E-state index contributed by atoms with van der Waals surface area (Å²) in [6.07, 6.45) is 0. The van der Waals surface area contributed by atoms with Gasteiger partial charge < -0.3 is 9.47 Å². The van der Waals surface area contributed by atoms with Crippen LogP contribution in [0, 0.1) is 22.7 Å². The number of rotatable bonds is 4. The maximum Gasteiger partial charge on any atom is 0.101 e. The Morgan fingerprint density at radius 1 is 0.510 bits per heavy atom. The molecule has 9 rings (SSSR count). The van der Waals surface area contributed by atoms with E-state index in [4.69, 9.17) is 0 Å². The van der Waals surface area contributed by atoms with Crippen molar-refractivity contribution < 1.29 is 0 Å². The number of fused-ring (bicyclic) bond motifs is 5. The van der Waals surface area contributed by atoms with E-state index in [0.717, 1.165) is 55.4 Å². The molecule has 8 aromatic rings. The number of hydrogen-bond acceptors (Lipinski definition) is 3. The van der Waals surface area contributed by atoms with Gasteiger partial charge in [-0.3, -0.25) is 0 Å². The van der Waals surface area contributed by atoms with Crippen molar-refractivity contribution in [2.45, 2.75) is 19.3 Å². The third-order valence-corrected chi connectivity index (χ3v) is 10.4. The summed E-state index contributed by atoms with van der Waals surface area (Å²) in [5.74, 6) is 0. The molecule has 0 aliphatic carbocycles. The van der Waals surface area contributed by atoms with Crippen LogP contribution in [0.2, 0.25) is 0 Å². The lowest BCUT2D eigenvalue weighted by molar-refractivity contribution is 0.632. The fourth-order valence-corrected chi connectivity index (χ4v) is 8.00. The van der Waals surface area contributed by atoms with Crippen molar-refractivity contribution in [1.29, 1.82) is 10.5 Å². The van der Waals surface area contributed by atoms with Gasteiger partial charge in [0.05, 0.1) is 45.3 Å². The van der Waals surface area contributed by atoms with Crippen molar-refractivity contribution in [2.75, 3.05) is 4.90 Å². The molecule has 0 N–H and O–H groups in total. The third-order valence-electron chi connectivity index (χ3n) is 10.4. The molecule has 0 unspecified atom stereocenters. The zero-order valence-electron chi connectivity index (χ0n) is 28.3. The molecule has 7 aromatic carbocycles. The second kappa shape index (κ2) is 11.6. The Kier molecular flexibility index (Phi) is 6.88. The Bertz CT molecular complexity index is 2760. The van der Waals surface area contributed by atoms with Crippen LogP contribution in [0.5, 0.6) is 0 Å². The highest BCUT2D eigenvalue weighted by Crippen LogP contribution is 2.52. The van der Waals surface area contributed by atoms with E-state index in [1.165, 1.54) is 22.5 Å². The number of nitriles is 2. The highest BCUT2D eigenvalue weighted by molar-refractivity contribution is 6.10. The van der Waals surface area contributed by atoms with Gasteiger partial charge in [0.25, 0.3) is 0 Å². The maximum absolute atomic E-state index is 10.5. The molecule has 0 saturated carbocycles. The number of benzene rings is 7. The fourth-order valence-electron chi connectivity index (χ4n) is 8.00. The molecule has 2 heterocycles. The standard InChI is InChI=1S/C47H32N4/c1-47(2)40-19-7-9-21-44(40)50(36-15-4-3-5-16-36)45-25-23-33(28-41(45)47)32-12-10-13-34(27-32)37-18-11-14-35(30-49)46(37)51-42-20-8-6-17-38(42)39-26-31(29-48)22-24-43(39)51/h3-28H,1-2H3. The summed E-state index contributed by atoms with van der Waals surface area (Å²) in [5, 5.41) is 22.2. The van der Waals surface area contributed by atoms with Gasteiger partial charge in [0.15, 0.2) is 0 Å². The number of anilines is 3. The lowest BCUT2D eigenvalue weighted by atomic mass is 9.73. The van der Waals surface area contributed by atoms with Crippen LogP contribution in [-0.4, -0.2) is 4.57 Å². The molecule has 1 aliphatic heterocycles. The van der Waals surface area contributed by atoms with E-state index in [-0.39, 0.29) is 5.41 Å². The van der Waals surface area contributed by atoms with Crippen LogP contribution >= 0.6 is 0 Å². The van der Waals surface area contributed by atoms with Gasteiger partial charge in [0.1, 0.15) is 6.07 Å². The average molecular weight is 653 g/mol. The Morgan fingerprint density at radius 3 is 2.06 bits per heavy atom. The zero-order valence-corrected chi connectivity index (χ0v) is 28.3.